The van der Waals surface area contributed by atoms with Gasteiger partial charge in [0.2, 0.25) is 0 Å². The summed E-state index contributed by atoms with van der Waals surface area (Å²) in [5.74, 6) is 0.867. The second-order valence-electron chi connectivity index (χ2n) is 8.35. The van der Waals surface area contributed by atoms with Crippen LogP contribution in [0, 0.1) is 27.7 Å². The molecule has 0 unspecified atom stereocenters. The van der Waals surface area contributed by atoms with E-state index in [0.29, 0.717) is 23.6 Å². The fraction of sp³-hybridized carbons (Fsp3) is 0.259. The Morgan fingerprint density at radius 2 is 1.62 bits per heavy atom. The highest BCUT2D eigenvalue weighted by molar-refractivity contribution is 6.30. The highest BCUT2D eigenvalue weighted by Crippen LogP contribution is 2.25. The first-order valence-electron chi connectivity index (χ1n) is 10.9. The molecule has 1 heterocycles. The van der Waals surface area contributed by atoms with Crippen molar-refractivity contribution in [2.75, 3.05) is 6.54 Å². The topological polar surface area (TPSA) is 46.9 Å². The smallest absolute Gasteiger partial charge is 0.251 e. The fourth-order valence-electron chi connectivity index (χ4n) is 4.18. The summed E-state index contributed by atoms with van der Waals surface area (Å²) in [6.07, 6.45) is 0.650. The average Bonchev–Trinajstić information content (AvgIpc) is 3.13. The van der Waals surface area contributed by atoms with E-state index < -0.39 is 0 Å². The minimum Gasteiger partial charge on any atom is -0.352 e. The largest absolute Gasteiger partial charge is 0.352 e. The zero-order valence-electron chi connectivity index (χ0n) is 19.0. The standard InChI is InChI=1S/C27H28ClN3O/c1-17-15-18(2)20(4)23(19(17)3)16-31-25-8-6-5-7-24(25)30-26(31)13-14-29-27(32)21-9-11-22(28)12-10-21/h5-12,15H,13-14,16H2,1-4H3,(H,29,32). The molecule has 0 spiro atoms. The maximum atomic E-state index is 12.5. The Kier molecular flexibility index (Phi) is 6.33. The van der Waals surface area contributed by atoms with Gasteiger partial charge < -0.3 is 9.88 Å². The molecule has 4 aromatic rings. The summed E-state index contributed by atoms with van der Waals surface area (Å²) in [5.41, 5.74) is 9.31. The van der Waals surface area contributed by atoms with E-state index >= 15 is 0 Å². The number of hydrogen-bond acceptors (Lipinski definition) is 2. The molecule has 5 heteroatoms. The van der Waals surface area contributed by atoms with E-state index in [9.17, 15) is 4.79 Å². The van der Waals surface area contributed by atoms with Crippen LogP contribution in [-0.4, -0.2) is 22.0 Å². The Labute approximate surface area is 194 Å². The van der Waals surface area contributed by atoms with Crippen molar-refractivity contribution in [1.82, 2.24) is 14.9 Å². The van der Waals surface area contributed by atoms with Crippen LogP contribution in [0.1, 0.15) is 44.0 Å². The molecule has 0 saturated heterocycles. The van der Waals surface area contributed by atoms with Gasteiger partial charge in [0.25, 0.3) is 5.91 Å². The maximum Gasteiger partial charge on any atom is 0.251 e. The van der Waals surface area contributed by atoms with Gasteiger partial charge in [0.05, 0.1) is 11.0 Å². The number of halogens is 1. The van der Waals surface area contributed by atoms with Gasteiger partial charge >= 0.3 is 0 Å². The van der Waals surface area contributed by atoms with Gasteiger partial charge in [-0.3, -0.25) is 4.79 Å². The summed E-state index contributed by atoms with van der Waals surface area (Å²) in [6, 6.07) is 17.4. The van der Waals surface area contributed by atoms with Crippen molar-refractivity contribution in [2.24, 2.45) is 0 Å². The molecule has 0 atom stereocenters. The molecule has 1 aromatic heterocycles. The molecule has 0 fully saturated rings. The number of aromatic nitrogens is 2. The molecule has 164 valence electrons. The SMILES string of the molecule is Cc1cc(C)c(C)c(Cn2c(CCNC(=O)c3ccc(Cl)cc3)nc3ccccc32)c1C. The van der Waals surface area contributed by atoms with Crippen LogP contribution >= 0.6 is 11.6 Å². The minimum absolute atomic E-state index is 0.106. The summed E-state index contributed by atoms with van der Waals surface area (Å²) in [6.45, 7) is 10.0. The molecule has 4 nitrogen and oxygen atoms in total. The normalized spacial score (nSPS) is 11.2. The Bertz CT molecular complexity index is 1260. The maximum absolute atomic E-state index is 12.5. The Hall–Kier alpha value is -3.11. The van der Waals surface area contributed by atoms with Gasteiger partial charge in [-0.1, -0.05) is 29.8 Å². The van der Waals surface area contributed by atoms with E-state index in [-0.39, 0.29) is 5.91 Å². The number of para-hydroxylation sites is 2. The zero-order valence-corrected chi connectivity index (χ0v) is 19.8. The Morgan fingerprint density at radius 3 is 2.31 bits per heavy atom. The van der Waals surface area contributed by atoms with Crippen molar-refractivity contribution in [3.8, 4) is 0 Å². The van der Waals surface area contributed by atoms with Crippen molar-refractivity contribution in [2.45, 2.75) is 40.7 Å². The van der Waals surface area contributed by atoms with Crippen LogP contribution in [0.25, 0.3) is 11.0 Å². The predicted molar refractivity (Wildman–Crippen MR) is 132 cm³/mol. The number of amides is 1. The lowest BCUT2D eigenvalue weighted by Crippen LogP contribution is -2.26. The van der Waals surface area contributed by atoms with Crippen molar-refractivity contribution in [3.05, 3.63) is 98.8 Å². The summed E-state index contributed by atoms with van der Waals surface area (Å²) in [7, 11) is 0. The first-order chi connectivity index (χ1) is 15.3. The number of nitrogens with one attached hydrogen (secondary N) is 1. The number of aryl methyl sites for hydroxylation is 2. The van der Waals surface area contributed by atoms with Gasteiger partial charge in [-0.25, -0.2) is 4.98 Å². The quantitative estimate of drug-likeness (QED) is 0.399. The highest BCUT2D eigenvalue weighted by Gasteiger charge is 2.15. The second kappa shape index (κ2) is 9.17. The molecular formula is C27H28ClN3O. The van der Waals surface area contributed by atoms with E-state index in [1.807, 2.05) is 18.2 Å². The molecule has 0 aliphatic rings. The van der Waals surface area contributed by atoms with E-state index in [1.165, 1.54) is 27.8 Å². The number of fused-ring (bicyclic) bond motifs is 1. The lowest BCUT2D eigenvalue weighted by molar-refractivity contribution is 0.0954. The van der Waals surface area contributed by atoms with Crippen LogP contribution in [0.5, 0.6) is 0 Å². The molecule has 0 saturated carbocycles. The van der Waals surface area contributed by atoms with Gasteiger partial charge in [-0.15, -0.1) is 0 Å². The van der Waals surface area contributed by atoms with Crippen molar-refractivity contribution < 1.29 is 4.79 Å². The number of carbonyl (C=O) groups excluding carboxylic acids is 1. The summed E-state index contributed by atoms with van der Waals surface area (Å²) in [4.78, 5) is 17.4. The van der Waals surface area contributed by atoms with Crippen LogP contribution in [0.3, 0.4) is 0 Å². The van der Waals surface area contributed by atoms with Gasteiger partial charge in [0, 0.05) is 30.1 Å². The lowest BCUT2D eigenvalue weighted by Gasteiger charge is -2.18. The second-order valence-corrected chi connectivity index (χ2v) is 8.79. The molecule has 1 N–H and O–H groups in total. The fourth-order valence-corrected chi connectivity index (χ4v) is 4.30. The van der Waals surface area contributed by atoms with Crippen molar-refractivity contribution in [3.63, 3.8) is 0 Å². The van der Waals surface area contributed by atoms with Gasteiger partial charge in [0.1, 0.15) is 5.82 Å². The summed E-state index contributed by atoms with van der Waals surface area (Å²) < 4.78 is 2.29. The Morgan fingerprint density at radius 1 is 0.969 bits per heavy atom. The Balaban J connectivity index is 1.60. The monoisotopic (exact) mass is 445 g/mol. The van der Waals surface area contributed by atoms with Gasteiger partial charge in [0.15, 0.2) is 0 Å². The van der Waals surface area contributed by atoms with E-state index in [2.05, 4.69) is 49.7 Å². The van der Waals surface area contributed by atoms with Crippen LogP contribution in [0.15, 0.2) is 54.6 Å². The molecule has 0 aliphatic heterocycles. The lowest BCUT2D eigenvalue weighted by atomic mass is 9.94. The first kappa shape index (κ1) is 22.1. The zero-order chi connectivity index (χ0) is 22.8. The molecular weight excluding hydrogens is 418 g/mol. The van der Waals surface area contributed by atoms with Crippen LogP contribution in [-0.2, 0) is 13.0 Å². The summed E-state index contributed by atoms with van der Waals surface area (Å²) in [5, 5.41) is 3.63. The van der Waals surface area contributed by atoms with E-state index in [1.54, 1.807) is 24.3 Å². The molecule has 32 heavy (non-hydrogen) atoms. The van der Waals surface area contributed by atoms with Crippen molar-refractivity contribution >= 4 is 28.5 Å². The number of benzene rings is 3. The van der Waals surface area contributed by atoms with Crippen LogP contribution in [0.4, 0.5) is 0 Å². The highest BCUT2D eigenvalue weighted by atomic mass is 35.5. The number of imidazole rings is 1. The van der Waals surface area contributed by atoms with E-state index in [4.69, 9.17) is 16.6 Å². The van der Waals surface area contributed by atoms with Gasteiger partial charge in [-0.2, -0.15) is 0 Å². The molecule has 1 amide bonds. The molecule has 4 rings (SSSR count). The average molecular weight is 446 g/mol. The van der Waals surface area contributed by atoms with Crippen LogP contribution in [0.2, 0.25) is 5.02 Å². The molecule has 3 aromatic carbocycles. The van der Waals surface area contributed by atoms with Crippen molar-refractivity contribution in [1.29, 1.82) is 0 Å². The third-order valence-electron chi connectivity index (χ3n) is 6.31. The van der Waals surface area contributed by atoms with Crippen LogP contribution < -0.4 is 5.32 Å². The minimum atomic E-state index is -0.106. The number of hydrogen-bond donors (Lipinski definition) is 1. The third kappa shape index (κ3) is 4.42. The number of carbonyl (C=O) groups is 1. The summed E-state index contributed by atoms with van der Waals surface area (Å²) >= 11 is 5.92. The number of nitrogens with zero attached hydrogens (tertiary/aromatic N) is 2. The molecule has 0 aliphatic carbocycles. The third-order valence-corrected chi connectivity index (χ3v) is 6.56. The predicted octanol–water partition coefficient (Wildman–Crippen LogP) is 5.94. The molecule has 0 bridgehead atoms. The molecule has 0 radical (unpaired) electrons. The van der Waals surface area contributed by atoms with E-state index in [0.717, 1.165) is 23.4 Å². The van der Waals surface area contributed by atoms with Gasteiger partial charge in [-0.05, 0) is 91.9 Å². The first-order valence-corrected chi connectivity index (χ1v) is 11.3. The number of rotatable bonds is 6.